The molecule has 1 aromatic carbocycles. The van der Waals surface area contributed by atoms with E-state index in [1.54, 1.807) is 6.07 Å². The van der Waals surface area contributed by atoms with E-state index in [-0.39, 0.29) is 23.4 Å². The zero-order valence-electron chi connectivity index (χ0n) is 10.9. The standard InChI is InChI=1S/C15H19NO3/c17-10-3-4-15-5-6-16-8-9-1-2-11(18)14(13(9)15)19-12(15)7-10/h1-2,10,12,16-18H,3-8H2/t10-,12-,15-/m0/s1. The molecule has 102 valence electrons. The Morgan fingerprint density at radius 3 is 3.11 bits per heavy atom. The summed E-state index contributed by atoms with van der Waals surface area (Å²) in [5, 5.41) is 23.5. The third kappa shape index (κ3) is 1.47. The first kappa shape index (κ1) is 11.6. The van der Waals surface area contributed by atoms with E-state index in [1.807, 2.05) is 6.07 Å². The van der Waals surface area contributed by atoms with Gasteiger partial charge in [-0.3, -0.25) is 0 Å². The molecule has 2 aliphatic heterocycles. The monoisotopic (exact) mass is 261 g/mol. The quantitative estimate of drug-likeness (QED) is 0.661. The predicted octanol–water partition coefficient (Wildman–Crippen LogP) is 1.43. The van der Waals surface area contributed by atoms with Gasteiger partial charge in [0.25, 0.3) is 0 Å². The second-order valence-corrected chi connectivity index (χ2v) is 6.07. The summed E-state index contributed by atoms with van der Waals surface area (Å²) in [5.74, 6) is 0.907. The maximum absolute atomic E-state index is 10.1. The van der Waals surface area contributed by atoms with Crippen LogP contribution in [0.3, 0.4) is 0 Å². The smallest absolute Gasteiger partial charge is 0.165 e. The van der Waals surface area contributed by atoms with Crippen LogP contribution < -0.4 is 10.1 Å². The normalized spacial score (nSPS) is 36.1. The highest BCUT2D eigenvalue weighted by Gasteiger charge is 2.53. The van der Waals surface area contributed by atoms with Crippen molar-refractivity contribution in [2.24, 2.45) is 0 Å². The molecule has 1 spiro atoms. The molecule has 1 saturated carbocycles. The van der Waals surface area contributed by atoms with Crippen molar-refractivity contribution in [1.82, 2.24) is 5.32 Å². The van der Waals surface area contributed by atoms with Crippen molar-refractivity contribution in [1.29, 1.82) is 0 Å². The van der Waals surface area contributed by atoms with Crippen LogP contribution in [0.25, 0.3) is 0 Å². The Morgan fingerprint density at radius 2 is 2.21 bits per heavy atom. The van der Waals surface area contributed by atoms with Crippen LogP contribution in [-0.4, -0.2) is 29.0 Å². The van der Waals surface area contributed by atoms with Gasteiger partial charge in [0.2, 0.25) is 0 Å². The molecular weight excluding hydrogens is 242 g/mol. The summed E-state index contributed by atoms with van der Waals surface area (Å²) in [6, 6.07) is 3.73. The molecule has 4 nitrogen and oxygen atoms in total. The van der Waals surface area contributed by atoms with Crippen LogP contribution in [0, 0.1) is 0 Å². The van der Waals surface area contributed by atoms with Gasteiger partial charge < -0.3 is 20.3 Å². The summed E-state index contributed by atoms with van der Waals surface area (Å²) in [5.41, 5.74) is 2.44. The summed E-state index contributed by atoms with van der Waals surface area (Å²) >= 11 is 0. The molecule has 3 N–H and O–H groups in total. The molecule has 0 unspecified atom stereocenters. The topological polar surface area (TPSA) is 61.7 Å². The van der Waals surface area contributed by atoms with Gasteiger partial charge in [0.15, 0.2) is 11.5 Å². The van der Waals surface area contributed by atoms with Gasteiger partial charge in [0, 0.05) is 23.9 Å². The number of aliphatic hydroxyl groups excluding tert-OH is 1. The SMILES string of the molecule is Oc1ccc2c3c1O[C@H]1C[C@@H](O)CC[C@@]31CCNC2. The van der Waals surface area contributed by atoms with E-state index < -0.39 is 0 Å². The molecule has 1 aliphatic carbocycles. The number of aliphatic hydroxyl groups is 1. The minimum atomic E-state index is -0.272. The molecule has 1 aromatic rings. The molecule has 0 amide bonds. The highest BCUT2D eigenvalue weighted by Crippen LogP contribution is 2.56. The molecule has 0 bridgehead atoms. The number of hydrogen-bond donors (Lipinski definition) is 3. The average Bonchev–Trinajstić information content (AvgIpc) is 2.61. The van der Waals surface area contributed by atoms with Gasteiger partial charge in [0.05, 0.1) is 6.10 Å². The number of benzene rings is 1. The van der Waals surface area contributed by atoms with Crippen LogP contribution in [0.1, 0.15) is 36.8 Å². The van der Waals surface area contributed by atoms with Crippen LogP contribution in [0.2, 0.25) is 0 Å². The van der Waals surface area contributed by atoms with Gasteiger partial charge in [-0.15, -0.1) is 0 Å². The third-order valence-electron chi connectivity index (χ3n) is 5.07. The second-order valence-electron chi connectivity index (χ2n) is 6.07. The Labute approximate surface area is 112 Å². The Kier molecular flexibility index (Phi) is 2.35. The van der Waals surface area contributed by atoms with Crippen molar-refractivity contribution < 1.29 is 14.9 Å². The Bertz CT molecular complexity index is 530. The van der Waals surface area contributed by atoms with Gasteiger partial charge in [-0.1, -0.05) is 6.07 Å². The number of hydrogen-bond acceptors (Lipinski definition) is 4. The fourth-order valence-electron chi connectivity index (χ4n) is 4.14. The van der Waals surface area contributed by atoms with E-state index in [1.165, 1.54) is 11.1 Å². The summed E-state index contributed by atoms with van der Waals surface area (Å²) in [4.78, 5) is 0. The number of aromatic hydroxyl groups is 1. The summed E-state index contributed by atoms with van der Waals surface area (Å²) < 4.78 is 6.04. The Morgan fingerprint density at radius 1 is 1.32 bits per heavy atom. The summed E-state index contributed by atoms with van der Waals surface area (Å²) in [6.45, 7) is 1.80. The number of rotatable bonds is 0. The fourth-order valence-corrected chi connectivity index (χ4v) is 4.14. The number of phenolic OH excluding ortho intramolecular Hbond substituents is 1. The minimum absolute atomic E-state index is 0.00780. The van der Waals surface area contributed by atoms with Crippen molar-refractivity contribution in [3.8, 4) is 11.5 Å². The zero-order chi connectivity index (χ0) is 13.0. The molecule has 0 radical (unpaired) electrons. The highest BCUT2D eigenvalue weighted by atomic mass is 16.5. The molecule has 3 aliphatic rings. The average molecular weight is 261 g/mol. The van der Waals surface area contributed by atoms with Crippen molar-refractivity contribution in [2.45, 2.75) is 49.9 Å². The van der Waals surface area contributed by atoms with Gasteiger partial charge >= 0.3 is 0 Å². The molecule has 3 atom stereocenters. The molecule has 2 heterocycles. The van der Waals surface area contributed by atoms with Crippen molar-refractivity contribution in [2.75, 3.05) is 6.54 Å². The Balaban J connectivity index is 1.92. The van der Waals surface area contributed by atoms with Gasteiger partial charge in [-0.05, 0) is 37.4 Å². The summed E-state index contributed by atoms with van der Waals surface area (Å²) in [7, 11) is 0. The first-order valence-corrected chi connectivity index (χ1v) is 7.11. The van der Waals surface area contributed by atoms with Crippen molar-refractivity contribution >= 4 is 0 Å². The first-order valence-electron chi connectivity index (χ1n) is 7.11. The maximum Gasteiger partial charge on any atom is 0.165 e. The van der Waals surface area contributed by atoms with E-state index in [0.29, 0.717) is 12.2 Å². The van der Waals surface area contributed by atoms with E-state index >= 15 is 0 Å². The lowest BCUT2D eigenvalue weighted by molar-refractivity contribution is 0.0142. The first-order chi connectivity index (χ1) is 9.21. The maximum atomic E-state index is 10.1. The molecule has 0 saturated heterocycles. The highest BCUT2D eigenvalue weighted by molar-refractivity contribution is 5.58. The van der Waals surface area contributed by atoms with Gasteiger partial charge in [-0.2, -0.15) is 0 Å². The molecule has 1 fully saturated rings. The number of nitrogens with one attached hydrogen (secondary N) is 1. The van der Waals surface area contributed by atoms with Crippen LogP contribution in [0.4, 0.5) is 0 Å². The lowest BCUT2D eigenvalue weighted by Gasteiger charge is -2.39. The predicted molar refractivity (Wildman–Crippen MR) is 70.4 cm³/mol. The van der Waals surface area contributed by atoms with Crippen LogP contribution in [0.5, 0.6) is 11.5 Å². The fraction of sp³-hybridized carbons (Fsp3) is 0.600. The van der Waals surface area contributed by atoms with E-state index in [2.05, 4.69) is 5.32 Å². The van der Waals surface area contributed by atoms with Crippen molar-refractivity contribution in [3.05, 3.63) is 23.3 Å². The van der Waals surface area contributed by atoms with Crippen LogP contribution >= 0.6 is 0 Å². The third-order valence-corrected chi connectivity index (χ3v) is 5.07. The second kappa shape index (κ2) is 3.87. The molecule has 19 heavy (non-hydrogen) atoms. The van der Waals surface area contributed by atoms with E-state index in [0.717, 1.165) is 32.4 Å². The van der Waals surface area contributed by atoms with E-state index in [4.69, 9.17) is 4.74 Å². The van der Waals surface area contributed by atoms with Crippen LogP contribution in [-0.2, 0) is 12.0 Å². The summed E-state index contributed by atoms with van der Waals surface area (Å²) in [6.07, 6.45) is 3.21. The largest absolute Gasteiger partial charge is 0.504 e. The zero-order valence-corrected chi connectivity index (χ0v) is 10.9. The molecule has 4 heteroatoms. The molecular formula is C15H19NO3. The number of phenols is 1. The van der Waals surface area contributed by atoms with Gasteiger partial charge in [-0.25, -0.2) is 0 Å². The van der Waals surface area contributed by atoms with Gasteiger partial charge in [0.1, 0.15) is 6.10 Å². The lowest BCUT2D eigenvalue weighted by Crippen LogP contribution is -2.45. The molecule has 0 aromatic heterocycles. The van der Waals surface area contributed by atoms with Crippen molar-refractivity contribution in [3.63, 3.8) is 0 Å². The minimum Gasteiger partial charge on any atom is -0.504 e. The van der Waals surface area contributed by atoms with E-state index in [9.17, 15) is 10.2 Å². The Hall–Kier alpha value is -1.26. The lowest BCUT2D eigenvalue weighted by atomic mass is 9.65. The van der Waals surface area contributed by atoms with Crippen LogP contribution in [0.15, 0.2) is 12.1 Å². The number of ether oxygens (including phenoxy) is 1. The molecule has 4 rings (SSSR count).